The van der Waals surface area contributed by atoms with Gasteiger partial charge in [0.25, 0.3) is 5.91 Å². The maximum atomic E-state index is 11.8. The predicted molar refractivity (Wildman–Crippen MR) is 69.8 cm³/mol. The Labute approximate surface area is 107 Å². The van der Waals surface area contributed by atoms with E-state index in [1.807, 2.05) is 24.3 Å². The lowest BCUT2D eigenvalue weighted by Crippen LogP contribution is -2.38. The van der Waals surface area contributed by atoms with Crippen LogP contribution in [0.25, 0.3) is 0 Å². The Kier molecular flexibility index (Phi) is 3.78. The molecule has 1 aliphatic heterocycles. The summed E-state index contributed by atoms with van der Waals surface area (Å²) in [5.74, 6) is 0.301. The molecule has 0 atom stereocenters. The fraction of sp³-hybridized carbons (Fsp3) is 0.333. The van der Waals surface area contributed by atoms with Gasteiger partial charge in [0.2, 0.25) is 0 Å². The molecule has 1 aromatic carbocycles. The third-order valence-corrected chi connectivity index (χ3v) is 3.45. The normalized spacial score (nSPS) is 16.1. The van der Waals surface area contributed by atoms with Gasteiger partial charge in [-0.15, -0.1) is 0 Å². The van der Waals surface area contributed by atoms with E-state index in [2.05, 4.69) is 18.7 Å². The molecule has 0 radical (unpaired) electrons. The van der Waals surface area contributed by atoms with Crippen molar-refractivity contribution in [3.05, 3.63) is 48.0 Å². The van der Waals surface area contributed by atoms with Gasteiger partial charge in [0.1, 0.15) is 11.6 Å². The van der Waals surface area contributed by atoms with E-state index in [9.17, 15) is 4.79 Å². The maximum absolute atomic E-state index is 11.8. The molecule has 1 aliphatic rings. The summed E-state index contributed by atoms with van der Waals surface area (Å²) in [4.78, 5) is 13.5. The Hall–Kier alpha value is -2.08. The second-order valence-electron chi connectivity index (χ2n) is 4.57. The van der Waals surface area contributed by atoms with E-state index in [4.69, 9.17) is 5.26 Å². The predicted octanol–water partition coefficient (Wildman–Crippen LogP) is 2.47. The number of benzene rings is 1. The summed E-state index contributed by atoms with van der Waals surface area (Å²) in [5, 5.41) is 8.67. The number of hydrogen-bond acceptors (Lipinski definition) is 2. The number of nitriles is 1. The minimum atomic E-state index is -0.219. The van der Waals surface area contributed by atoms with Crippen molar-refractivity contribution in [3.63, 3.8) is 0 Å². The highest BCUT2D eigenvalue weighted by atomic mass is 16.2. The minimum absolute atomic E-state index is 0.0353. The molecule has 0 aromatic heterocycles. The van der Waals surface area contributed by atoms with Gasteiger partial charge in [0.05, 0.1) is 0 Å². The highest BCUT2D eigenvalue weighted by Crippen LogP contribution is 2.28. The van der Waals surface area contributed by atoms with E-state index in [1.165, 1.54) is 5.56 Å². The molecule has 0 bridgehead atoms. The molecule has 92 valence electrons. The van der Waals surface area contributed by atoms with E-state index >= 15 is 0 Å². The molecule has 1 heterocycles. The van der Waals surface area contributed by atoms with Gasteiger partial charge in [-0.2, -0.15) is 5.26 Å². The van der Waals surface area contributed by atoms with Crippen molar-refractivity contribution in [1.29, 1.82) is 5.26 Å². The Bertz CT molecular complexity index is 479. The summed E-state index contributed by atoms with van der Waals surface area (Å²) in [5.41, 5.74) is 1.37. The average molecular weight is 240 g/mol. The molecule has 1 aromatic rings. The number of likely N-dealkylation sites (tertiary alicyclic amines) is 1. The summed E-state index contributed by atoms with van der Waals surface area (Å²) in [6.45, 7) is 4.89. The quantitative estimate of drug-likeness (QED) is 0.589. The van der Waals surface area contributed by atoms with Crippen LogP contribution in [-0.2, 0) is 4.79 Å². The van der Waals surface area contributed by atoms with Crippen molar-refractivity contribution < 1.29 is 4.79 Å². The Morgan fingerprint density at radius 1 is 1.28 bits per heavy atom. The second kappa shape index (κ2) is 5.50. The standard InChI is InChI=1S/C15H16N2O/c1-12(11-16)15(18)17-9-7-14(8-10-17)13-5-3-2-4-6-13/h2-6,14H,1,7-10H2. The molecule has 2 rings (SSSR count). The fourth-order valence-electron chi connectivity index (χ4n) is 2.38. The van der Waals surface area contributed by atoms with Gasteiger partial charge in [0, 0.05) is 13.1 Å². The molecule has 3 nitrogen and oxygen atoms in total. The van der Waals surface area contributed by atoms with E-state index in [0.29, 0.717) is 19.0 Å². The van der Waals surface area contributed by atoms with Crippen molar-refractivity contribution in [2.75, 3.05) is 13.1 Å². The smallest absolute Gasteiger partial charge is 0.263 e. The summed E-state index contributed by atoms with van der Waals surface area (Å²) in [7, 11) is 0. The highest BCUT2D eigenvalue weighted by molar-refractivity contribution is 5.96. The molecule has 0 spiro atoms. The van der Waals surface area contributed by atoms with E-state index in [-0.39, 0.29) is 11.5 Å². The van der Waals surface area contributed by atoms with Crippen LogP contribution in [0.3, 0.4) is 0 Å². The molecule has 1 saturated heterocycles. The zero-order chi connectivity index (χ0) is 13.0. The SMILES string of the molecule is C=C(C#N)C(=O)N1CCC(c2ccccc2)CC1. The average Bonchev–Trinajstić information content (AvgIpc) is 2.47. The first-order chi connectivity index (χ1) is 8.72. The lowest BCUT2D eigenvalue weighted by Gasteiger charge is -2.32. The van der Waals surface area contributed by atoms with Crippen LogP contribution in [0.15, 0.2) is 42.5 Å². The van der Waals surface area contributed by atoms with E-state index < -0.39 is 0 Å². The zero-order valence-corrected chi connectivity index (χ0v) is 10.3. The minimum Gasteiger partial charge on any atom is -0.338 e. The van der Waals surface area contributed by atoms with Gasteiger partial charge in [0.15, 0.2) is 0 Å². The largest absolute Gasteiger partial charge is 0.338 e. The van der Waals surface area contributed by atoms with E-state index in [1.54, 1.807) is 4.90 Å². The molecule has 18 heavy (non-hydrogen) atoms. The van der Waals surface area contributed by atoms with Crippen LogP contribution in [0.2, 0.25) is 0 Å². The number of piperidine rings is 1. The van der Waals surface area contributed by atoms with Crippen molar-refractivity contribution in [3.8, 4) is 6.07 Å². The number of amides is 1. The van der Waals surface area contributed by atoms with Crippen molar-refractivity contribution >= 4 is 5.91 Å². The lowest BCUT2D eigenvalue weighted by molar-refractivity contribution is -0.127. The summed E-state index contributed by atoms with van der Waals surface area (Å²) in [6.07, 6.45) is 1.91. The lowest BCUT2D eigenvalue weighted by atomic mass is 9.89. The topological polar surface area (TPSA) is 44.1 Å². The molecule has 1 fully saturated rings. The summed E-state index contributed by atoms with van der Waals surface area (Å²) in [6, 6.07) is 12.2. The maximum Gasteiger partial charge on any atom is 0.263 e. The Morgan fingerprint density at radius 3 is 2.44 bits per heavy atom. The third-order valence-electron chi connectivity index (χ3n) is 3.45. The van der Waals surface area contributed by atoms with Gasteiger partial charge >= 0.3 is 0 Å². The highest BCUT2D eigenvalue weighted by Gasteiger charge is 2.24. The van der Waals surface area contributed by atoms with Crippen LogP contribution in [0.5, 0.6) is 0 Å². The Balaban J connectivity index is 1.95. The van der Waals surface area contributed by atoms with Gasteiger partial charge in [-0.1, -0.05) is 36.9 Å². The number of carbonyl (C=O) groups excluding carboxylic acids is 1. The molecular formula is C15H16N2O. The first-order valence-corrected chi connectivity index (χ1v) is 6.15. The number of rotatable bonds is 2. The zero-order valence-electron chi connectivity index (χ0n) is 10.3. The molecule has 1 amide bonds. The van der Waals surface area contributed by atoms with E-state index in [0.717, 1.165) is 12.8 Å². The molecule has 3 heteroatoms. The van der Waals surface area contributed by atoms with Crippen LogP contribution >= 0.6 is 0 Å². The molecule has 0 N–H and O–H groups in total. The molecular weight excluding hydrogens is 224 g/mol. The van der Waals surface area contributed by atoms with Crippen molar-refractivity contribution in [2.24, 2.45) is 0 Å². The second-order valence-corrected chi connectivity index (χ2v) is 4.57. The fourth-order valence-corrected chi connectivity index (χ4v) is 2.38. The van der Waals surface area contributed by atoms with Crippen molar-refractivity contribution in [2.45, 2.75) is 18.8 Å². The van der Waals surface area contributed by atoms with Crippen molar-refractivity contribution in [1.82, 2.24) is 4.90 Å². The van der Waals surface area contributed by atoms with Gasteiger partial charge in [-0.3, -0.25) is 4.79 Å². The van der Waals surface area contributed by atoms with Gasteiger partial charge in [-0.25, -0.2) is 0 Å². The number of hydrogen-bond donors (Lipinski definition) is 0. The van der Waals surface area contributed by atoms with Crippen LogP contribution < -0.4 is 0 Å². The molecule has 0 unspecified atom stereocenters. The first-order valence-electron chi connectivity index (χ1n) is 6.15. The van der Waals surface area contributed by atoms with Gasteiger partial charge in [-0.05, 0) is 24.3 Å². The summed E-state index contributed by atoms with van der Waals surface area (Å²) < 4.78 is 0. The number of nitrogens with zero attached hydrogens (tertiary/aromatic N) is 2. The van der Waals surface area contributed by atoms with Crippen LogP contribution in [-0.4, -0.2) is 23.9 Å². The van der Waals surface area contributed by atoms with Gasteiger partial charge < -0.3 is 4.90 Å². The molecule has 0 saturated carbocycles. The Morgan fingerprint density at radius 2 is 1.89 bits per heavy atom. The van der Waals surface area contributed by atoms with Crippen LogP contribution in [0.1, 0.15) is 24.3 Å². The summed E-state index contributed by atoms with van der Waals surface area (Å²) >= 11 is 0. The molecule has 0 aliphatic carbocycles. The third kappa shape index (κ3) is 2.60. The number of carbonyl (C=O) groups is 1. The first kappa shape index (κ1) is 12.4. The van der Waals surface area contributed by atoms with Crippen LogP contribution in [0, 0.1) is 11.3 Å². The van der Waals surface area contributed by atoms with Crippen LogP contribution in [0.4, 0.5) is 0 Å². The monoisotopic (exact) mass is 240 g/mol.